The van der Waals surface area contributed by atoms with Gasteiger partial charge in [0.05, 0.1) is 5.75 Å². The molecule has 1 N–H and O–H groups in total. The average molecular weight is 444 g/mol. The largest absolute Gasteiger partial charge is 0.478 e. The van der Waals surface area contributed by atoms with E-state index in [0.717, 1.165) is 37.7 Å². The molecule has 1 aliphatic heterocycles. The van der Waals surface area contributed by atoms with Crippen molar-refractivity contribution in [3.8, 4) is 5.75 Å². The number of amides is 1. The number of nitrogens with one attached hydrogen (secondary N) is 1. The molecule has 31 heavy (non-hydrogen) atoms. The maximum Gasteiger partial charge on any atom is 0.277 e. The summed E-state index contributed by atoms with van der Waals surface area (Å²) in [6.45, 7) is 3.16. The highest BCUT2D eigenvalue weighted by atomic mass is 32.2. The van der Waals surface area contributed by atoms with Crippen molar-refractivity contribution in [1.29, 1.82) is 0 Å². The fourth-order valence-electron chi connectivity index (χ4n) is 3.20. The van der Waals surface area contributed by atoms with Crippen molar-refractivity contribution >= 4 is 23.5 Å². The maximum absolute atomic E-state index is 13.7. The van der Waals surface area contributed by atoms with Gasteiger partial charge in [0.2, 0.25) is 0 Å². The molecule has 8 nitrogen and oxygen atoms in total. The SMILES string of the molecule is CC(Oc1ccccc1F)c1nnc(SCC(=O)c2c[nH]c(C(=O)N3CCCC3)c2)o1. The van der Waals surface area contributed by atoms with Crippen molar-refractivity contribution in [2.24, 2.45) is 0 Å². The predicted molar refractivity (Wildman–Crippen MR) is 111 cm³/mol. The lowest BCUT2D eigenvalue weighted by atomic mass is 10.2. The van der Waals surface area contributed by atoms with Crippen molar-refractivity contribution in [1.82, 2.24) is 20.1 Å². The Labute approximate surface area is 182 Å². The number of para-hydroxylation sites is 1. The Balaban J connectivity index is 1.31. The van der Waals surface area contributed by atoms with Gasteiger partial charge in [0, 0.05) is 24.8 Å². The fraction of sp³-hybridized carbons (Fsp3) is 0.333. The molecule has 4 rings (SSSR count). The number of carbonyl (C=O) groups is 2. The summed E-state index contributed by atoms with van der Waals surface area (Å²) in [5, 5.41) is 8.02. The lowest BCUT2D eigenvalue weighted by molar-refractivity contribution is 0.0787. The van der Waals surface area contributed by atoms with Crippen LogP contribution in [0, 0.1) is 5.82 Å². The van der Waals surface area contributed by atoms with Gasteiger partial charge in [0.25, 0.3) is 17.0 Å². The minimum atomic E-state index is -0.654. The van der Waals surface area contributed by atoms with Crippen molar-refractivity contribution in [2.75, 3.05) is 18.8 Å². The standard InChI is InChI=1S/C21H21FN4O4S/c1-13(29-18-7-3-2-6-15(18)22)19-24-25-21(30-19)31-12-17(27)14-10-16(23-11-14)20(28)26-8-4-5-9-26/h2-3,6-7,10-11,13,23H,4-5,8-9,12H2,1H3. The molecule has 1 amide bonds. The number of aromatic nitrogens is 3. The van der Waals surface area contributed by atoms with Crippen molar-refractivity contribution < 1.29 is 23.1 Å². The summed E-state index contributed by atoms with van der Waals surface area (Å²) in [5.74, 6) is -0.406. The van der Waals surface area contributed by atoms with E-state index >= 15 is 0 Å². The first-order valence-electron chi connectivity index (χ1n) is 9.89. The number of benzene rings is 1. The van der Waals surface area contributed by atoms with Crippen LogP contribution in [-0.4, -0.2) is 50.6 Å². The summed E-state index contributed by atoms with van der Waals surface area (Å²) in [6.07, 6.45) is 2.89. The first kappa shape index (κ1) is 21.1. The zero-order valence-corrected chi connectivity index (χ0v) is 17.7. The molecule has 1 atom stereocenters. The smallest absolute Gasteiger partial charge is 0.277 e. The summed E-state index contributed by atoms with van der Waals surface area (Å²) >= 11 is 1.09. The Hall–Kier alpha value is -3.14. The highest BCUT2D eigenvalue weighted by molar-refractivity contribution is 7.99. The van der Waals surface area contributed by atoms with Gasteiger partial charge in [-0.25, -0.2) is 4.39 Å². The monoisotopic (exact) mass is 444 g/mol. The number of rotatable bonds is 8. The van der Waals surface area contributed by atoms with Crippen LogP contribution in [0.25, 0.3) is 0 Å². The molecule has 1 saturated heterocycles. The fourth-order valence-corrected chi connectivity index (χ4v) is 3.87. The van der Waals surface area contributed by atoms with Gasteiger partial charge in [0.1, 0.15) is 5.69 Å². The van der Waals surface area contributed by atoms with E-state index in [1.165, 1.54) is 18.3 Å². The molecular weight excluding hydrogens is 423 g/mol. The number of nitrogens with zero attached hydrogens (tertiary/aromatic N) is 3. The van der Waals surface area contributed by atoms with Gasteiger partial charge in [-0.2, -0.15) is 0 Å². The first-order valence-corrected chi connectivity index (χ1v) is 10.9. The Bertz CT molecular complexity index is 1080. The second kappa shape index (κ2) is 9.34. The third kappa shape index (κ3) is 4.96. The summed E-state index contributed by atoms with van der Waals surface area (Å²) in [5.41, 5.74) is 0.834. The molecule has 0 bridgehead atoms. The first-order chi connectivity index (χ1) is 15.0. The lowest BCUT2D eigenvalue weighted by Crippen LogP contribution is -2.27. The molecule has 0 radical (unpaired) electrons. The zero-order valence-electron chi connectivity index (χ0n) is 16.8. The number of ketones is 1. The van der Waals surface area contributed by atoms with Gasteiger partial charge in [0.15, 0.2) is 23.5 Å². The number of hydrogen-bond acceptors (Lipinski definition) is 7. The van der Waals surface area contributed by atoms with Crippen LogP contribution in [0.3, 0.4) is 0 Å². The molecule has 2 aromatic heterocycles. The van der Waals surface area contributed by atoms with Gasteiger partial charge in [-0.05, 0) is 38.0 Å². The molecule has 3 aromatic rings. The van der Waals surface area contributed by atoms with Crippen LogP contribution in [0.1, 0.15) is 52.6 Å². The van der Waals surface area contributed by atoms with Crippen LogP contribution in [0.15, 0.2) is 46.2 Å². The Morgan fingerprint density at radius 3 is 2.84 bits per heavy atom. The van der Waals surface area contributed by atoms with Crippen LogP contribution in [0.5, 0.6) is 5.75 Å². The van der Waals surface area contributed by atoms with E-state index in [0.29, 0.717) is 11.3 Å². The average Bonchev–Trinajstić information content (AvgIpc) is 3.55. The van der Waals surface area contributed by atoms with Crippen LogP contribution in [0.2, 0.25) is 0 Å². The molecular formula is C21H21FN4O4S. The molecule has 0 spiro atoms. The van der Waals surface area contributed by atoms with E-state index in [-0.39, 0.29) is 34.3 Å². The maximum atomic E-state index is 13.7. The minimum Gasteiger partial charge on any atom is -0.478 e. The predicted octanol–water partition coefficient (Wildman–Crippen LogP) is 3.89. The normalized spacial score (nSPS) is 14.6. The van der Waals surface area contributed by atoms with E-state index < -0.39 is 11.9 Å². The highest BCUT2D eigenvalue weighted by Crippen LogP contribution is 2.26. The molecule has 1 aromatic carbocycles. The topological polar surface area (TPSA) is 101 Å². The van der Waals surface area contributed by atoms with Crippen LogP contribution in [0.4, 0.5) is 4.39 Å². The number of carbonyl (C=O) groups excluding carboxylic acids is 2. The van der Waals surface area contributed by atoms with Crippen LogP contribution in [-0.2, 0) is 0 Å². The summed E-state index contributed by atoms with van der Waals surface area (Å²) in [7, 11) is 0. The van der Waals surface area contributed by atoms with E-state index in [2.05, 4.69) is 15.2 Å². The van der Waals surface area contributed by atoms with E-state index in [9.17, 15) is 14.0 Å². The van der Waals surface area contributed by atoms with E-state index in [1.54, 1.807) is 30.0 Å². The van der Waals surface area contributed by atoms with Gasteiger partial charge < -0.3 is 19.0 Å². The number of aromatic amines is 1. The van der Waals surface area contributed by atoms with Crippen molar-refractivity contribution in [3.05, 3.63) is 59.5 Å². The van der Waals surface area contributed by atoms with Gasteiger partial charge in [-0.15, -0.1) is 10.2 Å². The molecule has 162 valence electrons. The Morgan fingerprint density at radius 1 is 1.29 bits per heavy atom. The lowest BCUT2D eigenvalue weighted by Gasteiger charge is -2.13. The highest BCUT2D eigenvalue weighted by Gasteiger charge is 2.22. The molecule has 3 heterocycles. The van der Waals surface area contributed by atoms with E-state index in [4.69, 9.17) is 9.15 Å². The number of thioether (sulfide) groups is 1. The van der Waals surface area contributed by atoms with Crippen LogP contribution >= 0.6 is 11.8 Å². The number of hydrogen-bond donors (Lipinski definition) is 1. The van der Waals surface area contributed by atoms with Gasteiger partial charge >= 0.3 is 0 Å². The molecule has 1 unspecified atom stereocenters. The molecule has 0 saturated carbocycles. The summed E-state index contributed by atoms with van der Waals surface area (Å²) < 4.78 is 24.8. The minimum absolute atomic E-state index is 0.0688. The summed E-state index contributed by atoms with van der Waals surface area (Å²) in [4.78, 5) is 29.5. The van der Waals surface area contributed by atoms with Crippen molar-refractivity contribution in [3.63, 3.8) is 0 Å². The van der Waals surface area contributed by atoms with Gasteiger partial charge in [-0.1, -0.05) is 23.9 Å². The third-order valence-corrected chi connectivity index (χ3v) is 5.68. The van der Waals surface area contributed by atoms with Crippen LogP contribution < -0.4 is 4.74 Å². The van der Waals surface area contributed by atoms with Gasteiger partial charge in [-0.3, -0.25) is 9.59 Å². The summed E-state index contributed by atoms with van der Waals surface area (Å²) in [6, 6.07) is 7.62. The number of ether oxygens (including phenoxy) is 1. The number of halogens is 1. The molecule has 1 fully saturated rings. The number of Topliss-reactive ketones (excluding diaryl/α,β-unsaturated/α-hetero) is 1. The molecule has 0 aliphatic carbocycles. The van der Waals surface area contributed by atoms with E-state index in [1.807, 2.05) is 0 Å². The second-order valence-electron chi connectivity index (χ2n) is 7.11. The quantitative estimate of drug-likeness (QED) is 0.415. The molecule has 10 heteroatoms. The second-order valence-corrected chi connectivity index (χ2v) is 8.04. The zero-order chi connectivity index (χ0) is 21.8. The Kier molecular flexibility index (Phi) is 6.36. The number of likely N-dealkylation sites (tertiary alicyclic amines) is 1. The third-order valence-electron chi connectivity index (χ3n) is 4.87. The number of H-pyrrole nitrogens is 1. The van der Waals surface area contributed by atoms with Crippen molar-refractivity contribution in [2.45, 2.75) is 31.1 Å². The molecule has 1 aliphatic rings. The Morgan fingerprint density at radius 2 is 2.06 bits per heavy atom.